The van der Waals surface area contributed by atoms with Crippen LogP contribution in [0.1, 0.15) is 43.0 Å². The smallest absolute Gasteiger partial charge is 0.407 e. The lowest BCUT2D eigenvalue weighted by molar-refractivity contribution is -0.0733. The fourth-order valence-corrected chi connectivity index (χ4v) is 5.04. The Bertz CT molecular complexity index is 922. The summed E-state index contributed by atoms with van der Waals surface area (Å²) in [6.07, 6.45) is 2.04. The number of ketones is 1. The molecular weight excluding hydrogens is 380 g/mol. The molecule has 6 nitrogen and oxygen atoms in total. The number of carbonyl (C=O) groups is 2. The molecule has 1 aliphatic heterocycles. The van der Waals surface area contributed by atoms with Gasteiger partial charge in [-0.2, -0.15) is 0 Å². The number of hydrogen-bond acceptors (Lipinski definition) is 4. The highest BCUT2D eigenvalue weighted by Gasteiger charge is 2.47. The molecule has 1 unspecified atom stereocenters. The van der Waals surface area contributed by atoms with Gasteiger partial charge in [-0.3, -0.25) is 9.69 Å². The third kappa shape index (κ3) is 3.94. The maximum Gasteiger partial charge on any atom is 0.407 e. The zero-order chi connectivity index (χ0) is 21.3. The van der Waals surface area contributed by atoms with Crippen LogP contribution in [0.4, 0.5) is 4.79 Å². The van der Waals surface area contributed by atoms with Gasteiger partial charge in [0.25, 0.3) is 0 Å². The van der Waals surface area contributed by atoms with Gasteiger partial charge in [0.15, 0.2) is 5.78 Å². The third-order valence-electron chi connectivity index (χ3n) is 6.90. The summed E-state index contributed by atoms with van der Waals surface area (Å²) in [5.41, 5.74) is -0.461. The quantitative estimate of drug-likeness (QED) is 0.753. The molecular formula is C24H30N2O4. The number of piperazine rings is 1. The third-order valence-corrected chi connectivity index (χ3v) is 6.90. The second-order valence-electron chi connectivity index (χ2n) is 8.89. The summed E-state index contributed by atoms with van der Waals surface area (Å²) in [7, 11) is 0. The molecule has 2 aromatic rings. The molecule has 1 heterocycles. The molecule has 1 saturated heterocycles. The molecule has 30 heavy (non-hydrogen) atoms. The number of amides is 1. The standard InChI is InChI=1S/C24H30N2O4/c1-17-9-11-24(30,12-10-17)22(25-13-15-26(16-14-25)23(28)29)21(27)20-8-4-6-18-5-2-3-7-19(18)20/h2-8,17,22,30H,9-16H2,1H3,(H,28,29). The predicted molar refractivity (Wildman–Crippen MR) is 116 cm³/mol. The highest BCUT2D eigenvalue weighted by atomic mass is 16.4. The minimum Gasteiger partial charge on any atom is -0.465 e. The molecule has 2 N–H and O–H groups in total. The summed E-state index contributed by atoms with van der Waals surface area (Å²) in [6.45, 7) is 3.78. The van der Waals surface area contributed by atoms with Gasteiger partial charge in [-0.15, -0.1) is 0 Å². The van der Waals surface area contributed by atoms with E-state index in [1.807, 2.05) is 47.4 Å². The monoisotopic (exact) mass is 410 g/mol. The van der Waals surface area contributed by atoms with Gasteiger partial charge < -0.3 is 15.1 Å². The van der Waals surface area contributed by atoms with E-state index in [1.54, 1.807) is 0 Å². The Balaban J connectivity index is 1.70. The van der Waals surface area contributed by atoms with E-state index in [9.17, 15) is 19.8 Å². The number of carbonyl (C=O) groups excluding carboxylic acids is 1. The summed E-state index contributed by atoms with van der Waals surface area (Å²) in [5.74, 6) is 0.482. The lowest BCUT2D eigenvalue weighted by atomic mass is 9.72. The van der Waals surface area contributed by atoms with E-state index in [-0.39, 0.29) is 5.78 Å². The summed E-state index contributed by atoms with van der Waals surface area (Å²) >= 11 is 0. The molecule has 1 saturated carbocycles. The first-order valence-corrected chi connectivity index (χ1v) is 10.9. The predicted octanol–water partition coefficient (Wildman–Crippen LogP) is 3.63. The van der Waals surface area contributed by atoms with Crippen LogP contribution in [0.25, 0.3) is 10.8 Å². The number of carboxylic acid groups (broad SMARTS) is 1. The van der Waals surface area contributed by atoms with Crippen LogP contribution in [0.2, 0.25) is 0 Å². The molecule has 1 amide bonds. The van der Waals surface area contributed by atoms with Crippen LogP contribution in [0.3, 0.4) is 0 Å². The molecule has 1 atom stereocenters. The minimum atomic E-state index is -1.09. The van der Waals surface area contributed by atoms with Gasteiger partial charge in [-0.25, -0.2) is 4.79 Å². The van der Waals surface area contributed by atoms with Crippen molar-refractivity contribution < 1.29 is 19.8 Å². The van der Waals surface area contributed by atoms with E-state index < -0.39 is 17.7 Å². The second-order valence-corrected chi connectivity index (χ2v) is 8.89. The van der Waals surface area contributed by atoms with Crippen LogP contribution >= 0.6 is 0 Å². The van der Waals surface area contributed by atoms with Crippen molar-refractivity contribution in [3.05, 3.63) is 48.0 Å². The average molecular weight is 411 g/mol. The number of rotatable bonds is 4. The maximum absolute atomic E-state index is 13.9. The number of aliphatic hydroxyl groups is 1. The zero-order valence-electron chi connectivity index (χ0n) is 17.5. The van der Waals surface area contributed by atoms with Crippen LogP contribution in [0.5, 0.6) is 0 Å². The Kier molecular flexibility index (Phi) is 5.80. The van der Waals surface area contributed by atoms with E-state index in [2.05, 4.69) is 6.92 Å². The van der Waals surface area contributed by atoms with E-state index in [1.165, 1.54) is 4.90 Å². The number of fused-ring (bicyclic) bond motifs is 1. The van der Waals surface area contributed by atoms with Crippen LogP contribution in [-0.2, 0) is 0 Å². The van der Waals surface area contributed by atoms with Crippen LogP contribution < -0.4 is 0 Å². The fourth-order valence-electron chi connectivity index (χ4n) is 5.04. The first-order valence-electron chi connectivity index (χ1n) is 10.9. The molecule has 0 aromatic heterocycles. The molecule has 6 heteroatoms. The highest BCUT2D eigenvalue weighted by Crippen LogP contribution is 2.38. The molecule has 2 aliphatic rings. The normalized spacial score (nSPS) is 26.5. The molecule has 1 aliphatic carbocycles. The molecule has 2 fully saturated rings. The Morgan fingerprint density at radius 2 is 1.63 bits per heavy atom. The summed E-state index contributed by atoms with van der Waals surface area (Å²) in [4.78, 5) is 28.6. The lowest BCUT2D eigenvalue weighted by Gasteiger charge is -2.47. The van der Waals surface area contributed by atoms with Crippen LogP contribution in [0.15, 0.2) is 42.5 Å². The van der Waals surface area contributed by atoms with Crippen molar-refractivity contribution in [2.45, 2.75) is 44.2 Å². The summed E-state index contributed by atoms with van der Waals surface area (Å²) in [6, 6.07) is 12.9. The average Bonchev–Trinajstić information content (AvgIpc) is 2.76. The largest absolute Gasteiger partial charge is 0.465 e. The summed E-state index contributed by atoms with van der Waals surface area (Å²) < 4.78 is 0. The first-order chi connectivity index (χ1) is 14.4. The van der Waals surface area contributed by atoms with Gasteiger partial charge >= 0.3 is 6.09 Å². The lowest BCUT2D eigenvalue weighted by Crippen LogP contribution is -2.62. The Morgan fingerprint density at radius 3 is 2.30 bits per heavy atom. The molecule has 0 spiro atoms. The molecule has 2 aromatic carbocycles. The Morgan fingerprint density at radius 1 is 1.00 bits per heavy atom. The second kappa shape index (κ2) is 8.36. The number of nitrogens with zero attached hydrogens (tertiary/aromatic N) is 2. The highest BCUT2D eigenvalue weighted by molar-refractivity contribution is 6.11. The van der Waals surface area contributed by atoms with Gasteiger partial charge in [0.05, 0.1) is 5.60 Å². The number of hydrogen-bond donors (Lipinski definition) is 2. The molecule has 4 rings (SSSR count). The van der Waals surface area contributed by atoms with Gasteiger partial charge in [0.1, 0.15) is 6.04 Å². The minimum absolute atomic E-state index is 0.0624. The maximum atomic E-state index is 13.9. The molecule has 0 bridgehead atoms. The van der Waals surface area contributed by atoms with E-state index >= 15 is 0 Å². The van der Waals surface area contributed by atoms with Crippen LogP contribution in [-0.4, -0.2) is 69.7 Å². The van der Waals surface area contributed by atoms with Crippen molar-refractivity contribution in [3.8, 4) is 0 Å². The van der Waals surface area contributed by atoms with Crippen molar-refractivity contribution in [2.24, 2.45) is 5.92 Å². The molecule has 0 radical (unpaired) electrons. The topological polar surface area (TPSA) is 81.1 Å². The van der Waals surface area contributed by atoms with Crippen molar-refractivity contribution in [1.82, 2.24) is 9.80 Å². The fraction of sp³-hybridized carbons (Fsp3) is 0.500. The van der Waals surface area contributed by atoms with Crippen molar-refractivity contribution in [2.75, 3.05) is 26.2 Å². The van der Waals surface area contributed by atoms with Gasteiger partial charge in [0, 0.05) is 31.7 Å². The Labute approximate surface area is 177 Å². The first kappa shape index (κ1) is 20.8. The Hall–Kier alpha value is -2.44. The van der Waals surface area contributed by atoms with Crippen molar-refractivity contribution in [1.29, 1.82) is 0 Å². The van der Waals surface area contributed by atoms with E-state index in [0.717, 1.165) is 23.6 Å². The van der Waals surface area contributed by atoms with Crippen LogP contribution in [0, 0.1) is 5.92 Å². The van der Waals surface area contributed by atoms with Gasteiger partial charge in [-0.1, -0.05) is 49.4 Å². The summed E-state index contributed by atoms with van der Waals surface area (Å²) in [5, 5.41) is 22.9. The van der Waals surface area contributed by atoms with Gasteiger partial charge in [0.2, 0.25) is 0 Å². The molecule has 160 valence electrons. The van der Waals surface area contributed by atoms with E-state index in [0.29, 0.717) is 50.5 Å². The van der Waals surface area contributed by atoms with Crippen molar-refractivity contribution in [3.63, 3.8) is 0 Å². The number of Topliss-reactive ketones (excluding diaryl/α,β-unsaturated/α-hetero) is 1. The van der Waals surface area contributed by atoms with E-state index in [4.69, 9.17) is 0 Å². The van der Waals surface area contributed by atoms with Gasteiger partial charge in [-0.05, 0) is 42.4 Å². The SMILES string of the molecule is CC1CCC(O)(C(C(=O)c2cccc3ccccc23)N2CCN(C(=O)O)CC2)CC1. The zero-order valence-corrected chi connectivity index (χ0v) is 17.5. The van der Waals surface area contributed by atoms with Crippen molar-refractivity contribution >= 4 is 22.6 Å². The number of benzene rings is 2.